The van der Waals surface area contributed by atoms with Crippen LogP contribution in [0.1, 0.15) is 95.7 Å². The number of halogens is 7. The number of carbonyl (C=O) groups is 2. The van der Waals surface area contributed by atoms with Gasteiger partial charge < -0.3 is 26.0 Å². The number of benzene rings is 3. The minimum absolute atomic E-state index is 0.0864. The molecule has 4 N–H and O–H groups in total. The molecule has 2 aliphatic carbocycles. The Morgan fingerprint density at radius 3 is 1.68 bits per heavy atom. The number of para-hydroxylation sites is 1. The van der Waals surface area contributed by atoms with Gasteiger partial charge >= 0.3 is 12.4 Å². The van der Waals surface area contributed by atoms with Crippen molar-refractivity contribution in [1.29, 1.82) is 0 Å². The lowest BCUT2D eigenvalue weighted by Crippen LogP contribution is -2.26. The van der Waals surface area contributed by atoms with Gasteiger partial charge in [-0.1, -0.05) is 49.9 Å². The molecule has 7 aromatic rings. The highest BCUT2D eigenvalue weighted by molar-refractivity contribution is 9.10. The fourth-order valence-electron chi connectivity index (χ4n) is 7.80. The van der Waals surface area contributed by atoms with Gasteiger partial charge in [-0.05, 0) is 121 Å². The van der Waals surface area contributed by atoms with E-state index in [9.17, 15) is 35.9 Å². The normalized spacial score (nSPS) is 13.8. The van der Waals surface area contributed by atoms with Crippen molar-refractivity contribution >= 4 is 62.2 Å². The van der Waals surface area contributed by atoms with E-state index >= 15 is 0 Å². The highest BCUT2D eigenvalue weighted by atomic mass is 79.9. The van der Waals surface area contributed by atoms with Crippen LogP contribution in [0.2, 0.25) is 0 Å². The molecule has 2 amide bonds. The lowest BCUT2D eigenvalue weighted by Gasteiger charge is -2.16. The summed E-state index contributed by atoms with van der Waals surface area (Å²) in [6.45, 7) is 7.34. The van der Waals surface area contributed by atoms with Crippen molar-refractivity contribution < 1.29 is 40.7 Å². The van der Waals surface area contributed by atoms with Crippen LogP contribution in [0.3, 0.4) is 0 Å². The van der Waals surface area contributed by atoms with Crippen LogP contribution in [-0.4, -0.2) is 85.6 Å². The van der Waals surface area contributed by atoms with Crippen LogP contribution in [-0.2, 0) is 0 Å². The molecule has 374 valence electrons. The fraction of sp³-hybridized carbons (Fsp3) is 0.360. The molecule has 0 unspecified atom stereocenters. The standard InChI is InChI=1S/C30H32F3N5O2S.C20H19BrF3N5O/c1-17(2)21-6-5-7-25(27(21)40-4)41-26-15-23(34-13-12-30(31,32)33)28-35-16-24(38(28)37-26)19-8-11-22(18(3)14-19)29(39)36-20-9-10-20;1-11-8-12(2-5-14(11)19(30)27-13-3-4-13)16-10-26-18-15(9-17(21)28-29(16)18)25-7-6-20(22,23)24/h5-8,11,14-17,20,34H,9-10,12-13H2,1-4H3,(H,36,39);2,5,8-10,13,25H,3-4,6-7H2,1H3,(H,27,30). The van der Waals surface area contributed by atoms with Gasteiger partial charge in [0.05, 0.1) is 60.0 Å². The summed E-state index contributed by atoms with van der Waals surface area (Å²) in [6.07, 6.45) is -3.15. The summed E-state index contributed by atoms with van der Waals surface area (Å²) in [5.41, 5.74) is 8.51. The van der Waals surface area contributed by atoms with Gasteiger partial charge in [-0.3, -0.25) is 9.59 Å². The summed E-state index contributed by atoms with van der Waals surface area (Å²) in [4.78, 5) is 34.7. The molecule has 9 rings (SSSR count). The first-order valence-electron chi connectivity index (χ1n) is 23.0. The number of ether oxygens (including phenoxy) is 1. The van der Waals surface area contributed by atoms with Crippen LogP contribution in [0, 0.1) is 13.8 Å². The van der Waals surface area contributed by atoms with E-state index in [1.807, 2.05) is 56.3 Å². The smallest absolute Gasteiger partial charge is 0.390 e. The largest absolute Gasteiger partial charge is 0.495 e. The Kier molecular flexibility index (Phi) is 15.2. The summed E-state index contributed by atoms with van der Waals surface area (Å²) >= 11 is 4.67. The van der Waals surface area contributed by atoms with Gasteiger partial charge in [0.1, 0.15) is 15.4 Å². The molecular formula is C50H51BrF6N10O3S. The highest BCUT2D eigenvalue weighted by Gasteiger charge is 2.29. The number of nitrogens with zero attached hydrogens (tertiary/aromatic N) is 6. The maximum Gasteiger partial charge on any atom is 0.390 e. The molecule has 0 aliphatic heterocycles. The van der Waals surface area contributed by atoms with Crippen molar-refractivity contribution in [3.05, 3.63) is 112 Å². The van der Waals surface area contributed by atoms with Crippen LogP contribution in [0.4, 0.5) is 37.7 Å². The molecular weight excluding hydrogens is 1010 g/mol. The lowest BCUT2D eigenvalue weighted by atomic mass is 10.0. The number of alkyl halides is 6. The maximum atomic E-state index is 12.9. The predicted molar refractivity (Wildman–Crippen MR) is 265 cm³/mol. The molecule has 0 bridgehead atoms. The van der Waals surface area contributed by atoms with Gasteiger partial charge in [0.15, 0.2) is 11.3 Å². The van der Waals surface area contributed by atoms with Gasteiger partial charge in [0, 0.05) is 47.4 Å². The Hall–Kier alpha value is -6.35. The van der Waals surface area contributed by atoms with Crippen LogP contribution in [0.15, 0.2) is 93.6 Å². The molecule has 71 heavy (non-hydrogen) atoms. The molecule has 3 aromatic carbocycles. The van der Waals surface area contributed by atoms with Crippen molar-refractivity contribution in [2.45, 2.75) is 106 Å². The molecule has 0 radical (unpaired) electrons. The number of aryl methyl sites for hydroxylation is 2. The van der Waals surface area contributed by atoms with Gasteiger partial charge in [-0.25, -0.2) is 19.0 Å². The van der Waals surface area contributed by atoms with E-state index < -0.39 is 25.2 Å². The third kappa shape index (κ3) is 12.8. The number of aromatic nitrogens is 6. The minimum Gasteiger partial charge on any atom is -0.495 e. The second kappa shape index (κ2) is 21.2. The summed E-state index contributed by atoms with van der Waals surface area (Å²) in [5, 5.41) is 21.5. The molecule has 2 fully saturated rings. The van der Waals surface area contributed by atoms with Crippen LogP contribution in [0.25, 0.3) is 33.8 Å². The van der Waals surface area contributed by atoms with Crippen molar-refractivity contribution in [3.8, 4) is 28.3 Å². The van der Waals surface area contributed by atoms with Crippen molar-refractivity contribution in [3.63, 3.8) is 0 Å². The lowest BCUT2D eigenvalue weighted by molar-refractivity contribution is -0.132. The van der Waals surface area contributed by atoms with E-state index in [-0.39, 0.29) is 42.9 Å². The average Bonchev–Trinajstić information content (AvgIpc) is 4.22. The Balaban J connectivity index is 0.000000200. The SMILES string of the molecule is COc1c(Sc2cc(NCCC(F)(F)F)c3ncc(-c4ccc(C(=O)NC5CC5)c(C)c4)n3n2)cccc1C(C)C.Cc1cc(-c2cnc3c(NCCC(F)(F)F)cc(Br)nn23)ccc1C(=O)NC1CC1. The molecule has 2 saturated carbocycles. The topological polar surface area (TPSA) is 152 Å². The molecule has 0 spiro atoms. The third-order valence-corrected chi connectivity index (χ3v) is 13.1. The number of methoxy groups -OCH3 is 1. The number of hydrogen-bond donors (Lipinski definition) is 4. The van der Waals surface area contributed by atoms with E-state index in [4.69, 9.17) is 9.84 Å². The zero-order valence-electron chi connectivity index (χ0n) is 39.4. The Labute approximate surface area is 418 Å². The Morgan fingerprint density at radius 2 is 1.23 bits per heavy atom. The number of carbonyl (C=O) groups excluding carboxylic acids is 2. The number of fused-ring (bicyclic) bond motifs is 2. The fourth-order valence-corrected chi connectivity index (χ4v) is 9.15. The summed E-state index contributed by atoms with van der Waals surface area (Å²) < 4.78 is 85.6. The number of hydrogen-bond acceptors (Lipinski definition) is 10. The third-order valence-electron chi connectivity index (χ3n) is 11.7. The molecule has 4 heterocycles. The molecule has 21 heteroatoms. The summed E-state index contributed by atoms with van der Waals surface area (Å²) in [5.74, 6) is 0.790. The van der Waals surface area contributed by atoms with Crippen molar-refractivity contribution in [1.82, 2.24) is 39.8 Å². The predicted octanol–water partition coefficient (Wildman–Crippen LogP) is 12.0. The molecule has 4 aromatic heterocycles. The van der Waals surface area contributed by atoms with E-state index in [1.165, 1.54) is 11.8 Å². The minimum atomic E-state index is -4.29. The molecule has 13 nitrogen and oxygen atoms in total. The number of imidazole rings is 2. The number of amides is 2. The first-order valence-corrected chi connectivity index (χ1v) is 24.6. The van der Waals surface area contributed by atoms with Gasteiger partial charge in [-0.2, -0.15) is 36.5 Å². The van der Waals surface area contributed by atoms with E-state index in [1.54, 1.807) is 52.8 Å². The van der Waals surface area contributed by atoms with Crippen LogP contribution >= 0.6 is 27.7 Å². The Bertz CT molecular complexity index is 3100. The second-order valence-corrected chi connectivity index (χ2v) is 19.7. The quantitative estimate of drug-likeness (QED) is 0.0688. The monoisotopic (exact) mass is 1060 g/mol. The van der Waals surface area contributed by atoms with Crippen molar-refractivity contribution in [2.75, 3.05) is 30.8 Å². The number of anilines is 2. The number of nitrogens with one attached hydrogen (secondary N) is 4. The van der Waals surface area contributed by atoms with Crippen LogP contribution in [0.5, 0.6) is 5.75 Å². The van der Waals surface area contributed by atoms with E-state index in [2.05, 4.69) is 66.1 Å². The highest BCUT2D eigenvalue weighted by Crippen LogP contribution is 2.41. The average molecular weight is 1070 g/mol. The van der Waals surface area contributed by atoms with Gasteiger partial charge in [-0.15, -0.1) is 0 Å². The zero-order chi connectivity index (χ0) is 50.8. The van der Waals surface area contributed by atoms with Crippen LogP contribution < -0.4 is 26.0 Å². The zero-order valence-corrected chi connectivity index (χ0v) is 41.8. The Morgan fingerprint density at radius 1 is 0.732 bits per heavy atom. The van der Waals surface area contributed by atoms with Crippen molar-refractivity contribution in [2.24, 2.45) is 0 Å². The molecule has 0 atom stereocenters. The van der Waals surface area contributed by atoms with E-state index in [0.29, 0.717) is 54.8 Å². The van der Waals surface area contributed by atoms with Gasteiger partial charge in [0.25, 0.3) is 11.8 Å². The summed E-state index contributed by atoms with van der Waals surface area (Å²) in [7, 11) is 1.62. The van der Waals surface area contributed by atoms with Gasteiger partial charge in [0.2, 0.25) is 0 Å². The first-order chi connectivity index (χ1) is 33.7. The maximum absolute atomic E-state index is 12.9. The second-order valence-electron chi connectivity index (χ2n) is 17.8. The number of rotatable bonds is 16. The summed E-state index contributed by atoms with van der Waals surface area (Å²) in [6, 6.07) is 20.7. The molecule has 0 saturated heterocycles. The molecule has 2 aliphatic rings. The first kappa shape index (κ1) is 51.0. The van der Waals surface area contributed by atoms with E-state index in [0.717, 1.165) is 64.1 Å².